The first kappa shape index (κ1) is 12.3. The van der Waals surface area contributed by atoms with Gasteiger partial charge in [0, 0.05) is 24.6 Å². The summed E-state index contributed by atoms with van der Waals surface area (Å²) in [4.78, 5) is 0. The number of aryl methyl sites for hydroxylation is 1. The Morgan fingerprint density at radius 1 is 0.952 bits per heavy atom. The van der Waals surface area contributed by atoms with Crippen LogP contribution in [0, 0.1) is 0 Å². The van der Waals surface area contributed by atoms with Gasteiger partial charge in [-0.05, 0) is 52.9 Å². The van der Waals surface area contributed by atoms with E-state index in [9.17, 15) is 0 Å². The van der Waals surface area contributed by atoms with Gasteiger partial charge in [-0.1, -0.05) is 30.3 Å². The Bertz CT molecular complexity index is 799. The smallest absolute Gasteiger partial charge is 0.0553 e. The Balaban J connectivity index is 1.57. The number of hydrogen-bond acceptors (Lipinski definition) is 1. The molecule has 21 heavy (non-hydrogen) atoms. The normalized spacial score (nSPS) is 12.0. The minimum absolute atomic E-state index is 0.856. The van der Waals surface area contributed by atoms with Gasteiger partial charge in [-0.3, -0.25) is 0 Å². The van der Waals surface area contributed by atoms with Gasteiger partial charge in [0.25, 0.3) is 0 Å². The molecular weight excluding hydrogens is 256 g/mol. The first-order valence-corrected chi connectivity index (χ1v) is 7.36. The number of anilines is 1. The lowest BCUT2D eigenvalue weighted by Gasteiger charge is -2.09. The van der Waals surface area contributed by atoms with Gasteiger partial charge in [0.1, 0.15) is 0 Å². The first-order valence-electron chi connectivity index (χ1n) is 7.36. The van der Waals surface area contributed by atoms with E-state index in [0.29, 0.717) is 0 Å². The summed E-state index contributed by atoms with van der Waals surface area (Å²) in [5.41, 5.74) is 8.12. The largest absolute Gasteiger partial charge is 0.379 e. The van der Waals surface area contributed by atoms with E-state index >= 15 is 0 Å². The van der Waals surface area contributed by atoms with E-state index in [1.807, 2.05) is 0 Å². The second-order valence-electron chi connectivity index (χ2n) is 5.67. The quantitative estimate of drug-likeness (QED) is 0.592. The molecule has 1 aromatic heterocycles. The Labute approximate surface area is 125 Å². The van der Waals surface area contributed by atoms with Crippen molar-refractivity contribution in [1.82, 2.24) is 4.57 Å². The summed E-state index contributed by atoms with van der Waals surface area (Å²) in [6.07, 6.45) is 3.13. The van der Waals surface area contributed by atoms with Gasteiger partial charge < -0.3 is 9.88 Å². The van der Waals surface area contributed by atoms with E-state index in [0.717, 1.165) is 13.0 Å². The second-order valence-corrected chi connectivity index (χ2v) is 5.67. The Hall–Kier alpha value is -2.48. The van der Waals surface area contributed by atoms with E-state index in [1.165, 1.54) is 33.6 Å². The van der Waals surface area contributed by atoms with Crippen molar-refractivity contribution >= 4 is 5.69 Å². The summed E-state index contributed by atoms with van der Waals surface area (Å²) in [6, 6.07) is 19.6. The highest BCUT2D eigenvalue weighted by atomic mass is 15.0. The SMILES string of the molecule is Cn1cccc1CNc1ccc2c(c1)Cc1ccccc1-2. The third-order valence-electron chi connectivity index (χ3n) is 4.32. The van der Waals surface area contributed by atoms with Crippen molar-refractivity contribution in [3.63, 3.8) is 0 Å². The maximum Gasteiger partial charge on any atom is 0.0553 e. The third kappa shape index (κ3) is 2.13. The molecule has 0 saturated carbocycles. The molecule has 0 saturated heterocycles. The summed E-state index contributed by atoms with van der Waals surface area (Å²) < 4.78 is 2.15. The van der Waals surface area contributed by atoms with Gasteiger partial charge in [-0.15, -0.1) is 0 Å². The Kier molecular flexibility index (Phi) is 2.81. The van der Waals surface area contributed by atoms with Crippen molar-refractivity contribution < 1.29 is 0 Å². The van der Waals surface area contributed by atoms with Gasteiger partial charge >= 0.3 is 0 Å². The van der Waals surface area contributed by atoms with Gasteiger partial charge in [0.2, 0.25) is 0 Å². The summed E-state index contributed by atoms with van der Waals surface area (Å²) in [6.45, 7) is 0.856. The van der Waals surface area contributed by atoms with E-state index in [-0.39, 0.29) is 0 Å². The maximum atomic E-state index is 3.52. The van der Waals surface area contributed by atoms with Gasteiger partial charge in [0.05, 0.1) is 6.54 Å². The van der Waals surface area contributed by atoms with Gasteiger partial charge in [-0.2, -0.15) is 0 Å². The molecule has 0 fully saturated rings. The fourth-order valence-corrected chi connectivity index (χ4v) is 3.13. The van der Waals surface area contributed by atoms with Crippen molar-refractivity contribution in [2.75, 3.05) is 5.32 Å². The average molecular weight is 274 g/mol. The molecule has 2 aromatic carbocycles. The highest BCUT2D eigenvalue weighted by molar-refractivity contribution is 5.78. The molecule has 0 aliphatic heterocycles. The molecule has 104 valence electrons. The van der Waals surface area contributed by atoms with E-state index in [2.05, 4.69) is 77.7 Å². The molecule has 3 aromatic rings. The maximum absolute atomic E-state index is 3.52. The van der Waals surface area contributed by atoms with Crippen LogP contribution in [0.4, 0.5) is 5.69 Å². The van der Waals surface area contributed by atoms with Crippen LogP contribution in [-0.2, 0) is 20.0 Å². The number of fused-ring (bicyclic) bond motifs is 3. The lowest BCUT2D eigenvalue weighted by Crippen LogP contribution is -2.04. The van der Waals surface area contributed by atoms with Crippen LogP contribution >= 0.6 is 0 Å². The fourth-order valence-electron chi connectivity index (χ4n) is 3.13. The molecule has 1 aliphatic rings. The third-order valence-corrected chi connectivity index (χ3v) is 4.32. The van der Waals surface area contributed by atoms with Crippen LogP contribution in [0.3, 0.4) is 0 Å². The zero-order valence-corrected chi connectivity index (χ0v) is 12.1. The molecule has 0 bridgehead atoms. The average Bonchev–Trinajstić information content (AvgIpc) is 3.07. The molecule has 0 atom stereocenters. The monoisotopic (exact) mass is 274 g/mol. The number of nitrogens with one attached hydrogen (secondary N) is 1. The lowest BCUT2D eigenvalue weighted by atomic mass is 10.1. The van der Waals surface area contributed by atoms with E-state index in [4.69, 9.17) is 0 Å². The molecule has 0 spiro atoms. The summed E-state index contributed by atoms with van der Waals surface area (Å²) >= 11 is 0. The molecule has 1 heterocycles. The number of benzene rings is 2. The topological polar surface area (TPSA) is 17.0 Å². The van der Waals surface area contributed by atoms with E-state index in [1.54, 1.807) is 0 Å². The van der Waals surface area contributed by atoms with Crippen LogP contribution in [0.25, 0.3) is 11.1 Å². The van der Waals surface area contributed by atoms with Crippen molar-refractivity contribution in [1.29, 1.82) is 0 Å². The molecule has 4 rings (SSSR count). The zero-order chi connectivity index (χ0) is 14.2. The first-order chi connectivity index (χ1) is 10.3. The van der Waals surface area contributed by atoms with Crippen molar-refractivity contribution in [2.45, 2.75) is 13.0 Å². The summed E-state index contributed by atoms with van der Waals surface area (Å²) in [7, 11) is 2.08. The summed E-state index contributed by atoms with van der Waals surface area (Å²) in [5.74, 6) is 0. The van der Waals surface area contributed by atoms with Crippen molar-refractivity contribution in [2.24, 2.45) is 7.05 Å². The minimum Gasteiger partial charge on any atom is -0.379 e. The van der Waals surface area contributed by atoms with Crippen LogP contribution < -0.4 is 5.32 Å². The fraction of sp³-hybridized carbons (Fsp3) is 0.158. The molecule has 2 nitrogen and oxygen atoms in total. The van der Waals surface area contributed by atoms with Crippen molar-refractivity contribution in [3.05, 3.63) is 77.6 Å². The molecule has 1 N–H and O–H groups in total. The van der Waals surface area contributed by atoms with Crippen LogP contribution in [0.5, 0.6) is 0 Å². The molecular formula is C19H18N2. The lowest BCUT2D eigenvalue weighted by molar-refractivity contribution is 0.842. The molecule has 2 heteroatoms. The van der Waals surface area contributed by atoms with E-state index < -0.39 is 0 Å². The molecule has 0 amide bonds. The summed E-state index contributed by atoms with van der Waals surface area (Å²) in [5, 5.41) is 3.52. The van der Waals surface area contributed by atoms with Crippen LogP contribution in [-0.4, -0.2) is 4.57 Å². The predicted octanol–water partition coefficient (Wildman–Crippen LogP) is 4.21. The Morgan fingerprint density at radius 2 is 1.81 bits per heavy atom. The molecule has 0 unspecified atom stereocenters. The molecule has 0 radical (unpaired) electrons. The van der Waals surface area contributed by atoms with Crippen molar-refractivity contribution in [3.8, 4) is 11.1 Å². The number of rotatable bonds is 3. The number of aromatic nitrogens is 1. The zero-order valence-electron chi connectivity index (χ0n) is 12.1. The van der Waals surface area contributed by atoms with Crippen LogP contribution in [0.2, 0.25) is 0 Å². The minimum atomic E-state index is 0.856. The standard InChI is InChI=1S/C19H18N2/c1-21-10-4-6-17(21)13-20-16-8-9-19-15(12-16)11-14-5-2-3-7-18(14)19/h2-10,12,20H,11,13H2,1H3. The van der Waals surface area contributed by atoms with Crippen LogP contribution in [0.15, 0.2) is 60.8 Å². The van der Waals surface area contributed by atoms with Crippen LogP contribution in [0.1, 0.15) is 16.8 Å². The Morgan fingerprint density at radius 3 is 2.67 bits per heavy atom. The van der Waals surface area contributed by atoms with Gasteiger partial charge in [0.15, 0.2) is 0 Å². The highest BCUT2D eigenvalue weighted by Crippen LogP contribution is 2.37. The van der Waals surface area contributed by atoms with Gasteiger partial charge in [-0.25, -0.2) is 0 Å². The highest BCUT2D eigenvalue weighted by Gasteiger charge is 2.17. The number of hydrogen-bond donors (Lipinski definition) is 1. The number of nitrogens with zero attached hydrogens (tertiary/aromatic N) is 1. The second kappa shape index (κ2) is 4.81. The molecule has 1 aliphatic carbocycles. The predicted molar refractivity (Wildman–Crippen MR) is 87.4 cm³/mol.